The summed E-state index contributed by atoms with van der Waals surface area (Å²) < 4.78 is 32.8. The molecular weight excluding hydrogens is 416 g/mol. The highest BCUT2D eigenvalue weighted by Gasteiger charge is 2.25. The summed E-state index contributed by atoms with van der Waals surface area (Å²) in [6, 6.07) is 4.26. The zero-order valence-corrected chi connectivity index (χ0v) is 20.2. The lowest BCUT2D eigenvalue weighted by Gasteiger charge is -2.32. The summed E-state index contributed by atoms with van der Waals surface area (Å²) in [5, 5.41) is 8.81. The van der Waals surface area contributed by atoms with Gasteiger partial charge in [0, 0.05) is 0 Å². The van der Waals surface area contributed by atoms with Gasteiger partial charge in [-0.05, 0) is 67.1 Å². The van der Waals surface area contributed by atoms with Gasteiger partial charge in [-0.15, -0.1) is 0 Å². The van der Waals surface area contributed by atoms with Gasteiger partial charge in [-0.25, -0.2) is 8.78 Å². The van der Waals surface area contributed by atoms with Crippen molar-refractivity contribution < 1.29 is 13.5 Å². The van der Waals surface area contributed by atoms with E-state index in [2.05, 4.69) is 6.58 Å². The Morgan fingerprint density at radius 2 is 1.30 bits per heavy atom. The molecule has 2 saturated carbocycles. The van der Waals surface area contributed by atoms with E-state index in [-0.39, 0.29) is 0 Å². The van der Waals surface area contributed by atoms with Crippen LogP contribution in [0.3, 0.4) is 0 Å². The lowest BCUT2D eigenvalue weighted by Crippen LogP contribution is -2.18. The zero-order valence-electron chi connectivity index (χ0n) is 20.2. The first kappa shape index (κ1) is 25.7. The Kier molecular flexibility index (Phi) is 10.7. The molecule has 0 N–H and O–H groups in total. The third kappa shape index (κ3) is 8.43. The maximum absolute atomic E-state index is 13.8. The Labute approximate surface area is 199 Å². The SMILES string of the molecule is C=COCCCCC1CCC(CCC2CCC(CCc3cc(F)c(C#N)c(F)c3)CC2)CC1. The van der Waals surface area contributed by atoms with E-state index in [0.29, 0.717) is 17.9 Å². The maximum Gasteiger partial charge on any atom is 0.144 e. The van der Waals surface area contributed by atoms with Crippen molar-refractivity contribution in [3.05, 3.63) is 47.7 Å². The number of rotatable bonds is 12. The minimum atomic E-state index is -0.733. The van der Waals surface area contributed by atoms with Crippen molar-refractivity contribution >= 4 is 0 Å². The standard InChI is InChI=1S/C29H41F2NO/c1-2-33-18-4-3-5-22-6-8-23(9-7-22)10-11-24-12-14-25(15-13-24)16-17-26-19-28(30)27(21-32)29(31)20-26/h2,19-20,22-25H,1,3-18H2. The number of hydrogen-bond donors (Lipinski definition) is 0. The molecular formula is C29H41F2NO. The minimum Gasteiger partial charge on any atom is -0.502 e. The average molecular weight is 458 g/mol. The van der Waals surface area contributed by atoms with Crippen LogP contribution in [0.25, 0.3) is 0 Å². The summed E-state index contributed by atoms with van der Waals surface area (Å²) in [6.45, 7) is 4.40. The van der Waals surface area contributed by atoms with Gasteiger partial charge in [0.2, 0.25) is 0 Å². The molecule has 0 aliphatic heterocycles. The topological polar surface area (TPSA) is 33.0 Å². The summed E-state index contributed by atoms with van der Waals surface area (Å²) in [5.41, 5.74) is 0.203. The van der Waals surface area contributed by atoms with Gasteiger partial charge in [-0.3, -0.25) is 0 Å². The van der Waals surface area contributed by atoms with Crippen LogP contribution in [-0.4, -0.2) is 6.61 Å². The van der Waals surface area contributed by atoms with E-state index in [0.717, 1.165) is 37.2 Å². The summed E-state index contributed by atoms with van der Waals surface area (Å²) in [5.74, 6) is 1.93. The molecule has 182 valence electrons. The quantitative estimate of drug-likeness (QED) is 0.233. The molecule has 2 nitrogen and oxygen atoms in total. The molecule has 0 aromatic heterocycles. The molecule has 0 heterocycles. The molecule has 3 rings (SSSR count). The second kappa shape index (κ2) is 13.7. The normalized spacial score (nSPS) is 25.4. The molecule has 2 aliphatic rings. The highest BCUT2D eigenvalue weighted by atomic mass is 19.1. The van der Waals surface area contributed by atoms with Crippen LogP contribution in [0.4, 0.5) is 8.78 Å². The number of nitrogens with zero attached hydrogens (tertiary/aromatic N) is 1. The minimum absolute atomic E-state index is 0.470. The van der Waals surface area contributed by atoms with E-state index in [1.54, 1.807) is 12.3 Å². The molecule has 0 atom stereocenters. The zero-order chi connectivity index (χ0) is 23.5. The molecule has 0 spiro atoms. The number of benzene rings is 1. The van der Waals surface area contributed by atoms with Crippen LogP contribution in [0, 0.1) is 46.6 Å². The van der Waals surface area contributed by atoms with E-state index >= 15 is 0 Å². The Bertz CT molecular complexity index is 747. The van der Waals surface area contributed by atoms with Gasteiger partial charge in [-0.1, -0.05) is 77.2 Å². The van der Waals surface area contributed by atoms with Gasteiger partial charge in [-0.2, -0.15) is 5.26 Å². The second-order valence-corrected chi connectivity index (χ2v) is 10.5. The largest absolute Gasteiger partial charge is 0.502 e. The van der Waals surface area contributed by atoms with Crippen molar-refractivity contribution in [2.75, 3.05) is 6.61 Å². The van der Waals surface area contributed by atoms with Crippen LogP contribution in [-0.2, 0) is 11.2 Å². The highest BCUT2D eigenvalue weighted by Crippen LogP contribution is 2.38. The lowest BCUT2D eigenvalue weighted by atomic mass is 9.74. The van der Waals surface area contributed by atoms with Crippen molar-refractivity contribution in [3.8, 4) is 6.07 Å². The summed E-state index contributed by atoms with van der Waals surface area (Å²) in [7, 11) is 0. The Balaban J connectivity index is 1.26. The van der Waals surface area contributed by atoms with Gasteiger partial charge in [0.05, 0.1) is 12.9 Å². The first-order valence-electron chi connectivity index (χ1n) is 13.2. The molecule has 2 fully saturated rings. The van der Waals surface area contributed by atoms with Gasteiger partial charge < -0.3 is 4.74 Å². The second-order valence-electron chi connectivity index (χ2n) is 10.5. The number of unbranched alkanes of at least 4 members (excludes halogenated alkanes) is 1. The van der Waals surface area contributed by atoms with E-state index < -0.39 is 17.2 Å². The summed E-state index contributed by atoms with van der Waals surface area (Å²) >= 11 is 0. The Morgan fingerprint density at radius 3 is 1.79 bits per heavy atom. The molecule has 0 unspecified atom stereocenters. The van der Waals surface area contributed by atoms with Gasteiger partial charge in [0.1, 0.15) is 23.3 Å². The van der Waals surface area contributed by atoms with Crippen LogP contribution in [0.5, 0.6) is 0 Å². The summed E-state index contributed by atoms with van der Waals surface area (Å²) in [6.07, 6.45) is 20.6. The molecule has 0 saturated heterocycles. The maximum atomic E-state index is 13.8. The molecule has 2 aliphatic carbocycles. The van der Waals surface area contributed by atoms with Crippen molar-refractivity contribution in [2.45, 2.75) is 96.3 Å². The smallest absolute Gasteiger partial charge is 0.144 e. The fraction of sp³-hybridized carbons (Fsp3) is 0.690. The van der Waals surface area contributed by atoms with Crippen molar-refractivity contribution in [1.82, 2.24) is 0 Å². The summed E-state index contributed by atoms with van der Waals surface area (Å²) in [4.78, 5) is 0. The molecule has 1 aromatic rings. The molecule has 4 heteroatoms. The monoisotopic (exact) mass is 457 g/mol. The van der Waals surface area contributed by atoms with Crippen LogP contribution >= 0.6 is 0 Å². The van der Waals surface area contributed by atoms with E-state index in [9.17, 15) is 8.78 Å². The number of nitriles is 1. The third-order valence-corrected chi connectivity index (χ3v) is 8.21. The third-order valence-electron chi connectivity index (χ3n) is 8.21. The fourth-order valence-corrected chi connectivity index (χ4v) is 6.04. The van der Waals surface area contributed by atoms with E-state index in [1.807, 2.05) is 0 Å². The predicted molar refractivity (Wildman–Crippen MR) is 130 cm³/mol. The van der Waals surface area contributed by atoms with Crippen LogP contribution in [0.15, 0.2) is 25.0 Å². The number of halogens is 2. The van der Waals surface area contributed by atoms with Crippen LogP contribution < -0.4 is 0 Å². The first-order chi connectivity index (χ1) is 16.1. The number of ether oxygens (including phenoxy) is 1. The molecule has 1 aromatic carbocycles. The van der Waals surface area contributed by atoms with Gasteiger partial charge in [0.15, 0.2) is 0 Å². The number of hydrogen-bond acceptors (Lipinski definition) is 2. The average Bonchev–Trinajstić information content (AvgIpc) is 2.82. The predicted octanol–water partition coefficient (Wildman–Crippen LogP) is 8.49. The molecule has 0 amide bonds. The van der Waals surface area contributed by atoms with Crippen LogP contribution in [0.1, 0.15) is 101 Å². The Hall–Kier alpha value is -1.89. The van der Waals surface area contributed by atoms with Crippen molar-refractivity contribution in [2.24, 2.45) is 23.7 Å². The Morgan fingerprint density at radius 1 is 0.818 bits per heavy atom. The first-order valence-corrected chi connectivity index (χ1v) is 13.2. The van der Waals surface area contributed by atoms with Crippen molar-refractivity contribution in [1.29, 1.82) is 5.26 Å². The lowest BCUT2D eigenvalue weighted by molar-refractivity contribution is 0.203. The van der Waals surface area contributed by atoms with E-state index in [1.165, 1.54) is 89.2 Å². The van der Waals surface area contributed by atoms with Gasteiger partial charge >= 0.3 is 0 Å². The van der Waals surface area contributed by atoms with Crippen molar-refractivity contribution in [3.63, 3.8) is 0 Å². The fourth-order valence-electron chi connectivity index (χ4n) is 6.04. The van der Waals surface area contributed by atoms with Gasteiger partial charge in [0.25, 0.3) is 0 Å². The molecule has 33 heavy (non-hydrogen) atoms. The number of aryl methyl sites for hydroxylation is 1. The molecule has 0 bridgehead atoms. The van der Waals surface area contributed by atoms with Crippen LogP contribution in [0.2, 0.25) is 0 Å². The van der Waals surface area contributed by atoms with E-state index in [4.69, 9.17) is 10.00 Å². The highest BCUT2D eigenvalue weighted by molar-refractivity contribution is 5.35. The molecule has 0 radical (unpaired) electrons.